The van der Waals surface area contributed by atoms with E-state index in [-0.39, 0.29) is 35.6 Å². The molecule has 1 aliphatic heterocycles. The van der Waals surface area contributed by atoms with Gasteiger partial charge in [-0.3, -0.25) is 9.59 Å². The fourth-order valence-corrected chi connectivity index (χ4v) is 5.52. The molecule has 6 heteroatoms. The van der Waals surface area contributed by atoms with Gasteiger partial charge in [0.2, 0.25) is 5.91 Å². The lowest BCUT2D eigenvalue weighted by atomic mass is 9.60. The lowest BCUT2D eigenvalue weighted by Crippen LogP contribution is -2.67. The number of carbonyl (C=O) groups excluding carboxylic acids is 2. The predicted octanol–water partition coefficient (Wildman–Crippen LogP) is 3.67. The number of rotatable bonds is 5. The van der Waals surface area contributed by atoms with Crippen molar-refractivity contribution >= 4 is 11.8 Å². The van der Waals surface area contributed by atoms with Crippen LogP contribution in [0.5, 0.6) is 5.75 Å². The number of hydrogen-bond acceptors (Lipinski definition) is 4. The highest BCUT2D eigenvalue weighted by molar-refractivity contribution is 5.98. The second-order valence-corrected chi connectivity index (χ2v) is 9.05. The Balaban J connectivity index is 1.23. The lowest BCUT2D eigenvalue weighted by molar-refractivity contribution is -0.147. The standard InChI is InChI=1S/C24H28N2O4/c1-15(8-11-18-5-4-12-29-18)25-22(27)20-13-17-10-9-16(20)14-24(17)26-23(28)19-6-2-3-7-21(19)30-24/h2-7,12,15-17,20H,8-11,13-14H2,1H3,(H,25,27)(H,26,28)/t15-,16+,17-,20-,24-/m0/s1. The summed E-state index contributed by atoms with van der Waals surface area (Å²) < 4.78 is 11.8. The average Bonchev–Trinajstić information content (AvgIpc) is 3.26. The highest BCUT2D eigenvalue weighted by Crippen LogP contribution is 2.52. The largest absolute Gasteiger partial charge is 0.469 e. The number of fused-ring (bicyclic) bond motifs is 3. The summed E-state index contributed by atoms with van der Waals surface area (Å²) in [5, 5.41) is 6.36. The average molecular weight is 408 g/mol. The number of carbonyl (C=O) groups is 2. The Morgan fingerprint density at radius 2 is 2.13 bits per heavy atom. The monoisotopic (exact) mass is 408 g/mol. The first kappa shape index (κ1) is 19.2. The van der Waals surface area contributed by atoms with Crippen molar-refractivity contribution in [2.45, 2.75) is 57.2 Å². The molecular weight excluding hydrogens is 380 g/mol. The summed E-state index contributed by atoms with van der Waals surface area (Å²) >= 11 is 0. The van der Waals surface area contributed by atoms with Crippen LogP contribution in [-0.4, -0.2) is 23.6 Å². The van der Waals surface area contributed by atoms with Gasteiger partial charge in [-0.2, -0.15) is 0 Å². The Labute approximate surface area is 176 Å². The molecule has 2 aromatic rings. The normalized spacial score (nSPS) is 30.3. The van der Waals surface area contributed by atoms with Gasteiger partial charge in [0, 0.05) is 30.7 Å². The third kappa shape index (κ3) is 3.38. The van der Waals surface area contributed by atoms with E-state index in [1.165, 1.54) is 0 Å². The van der Waals surface area contributed by atoms with Crippen LogP contribution in [0.3, 0.4) is 0 Å². The topological polar surface area (TPSA) is 80.6 Å². The maximum absolute atomic E-state index is 13.0. The van der Waals surface area contributed by atoms with Crippen molar-refractivity contribution in [2.24, 2.45) is 17.8 Å². The van der Waals surface area contributed by atoms with E-state index in [9.17, 15) is 9.59 Å². The zero-order chi connectivity index (χ0) is 20.7. The van der Waals surface area contributed by atoms with E-state index < -0.39 is 5.72 Å². The van der Waals surface area contributed by atoms with Gasteiger partial charge in [-0.25, -0.2) is 0 Å². The van der Waals surface area contributed by atoms with Crippen molar-refractivity contribution in [1.29, 1.82) is 0 Å². The summed E-state index contributed by atoms with van der Waals surface area (Å²) in [6.07, 6.45) is 6.77. The smallest absolute Gasteiger partial charge is 0.258 e. The maximum atomic E-state index is 13.0. The van der Waals surface area contributed by atoms with Crippen LogP contribution < -0.4 is 15.4 Å². The van der Waals surface area contributed by atoms with Crippen LogP contribution in [0.2, 0.25) is 0 Å². The zero-order valence-corrected chi connectivity index (χ0v) is 17.2. The third-order valence-corrected chi connectivity index (χ3v) is 7.10. The molecule has 2 bridgehead atoms. The molecule has 1 aromatic heterocycles. The summed E-state index contributed by atoms with van der Waals surface area (Å²) in [6.45, 7) is 2.05. The van der Waals surface area contributed by atoms with Crippen LogP contribution in [0.4, 0.5) is 0 Å². The molecule has 2 heterocycles. The van der Waals surface area contributed by atoms with Gasteiger partial charge in [0.25, 0.3) is 5.91 Å². The number of para-hydroxylation sites is 1. The first-order valence-electron chi connectivity index (χ1n) is 11.0. The second kappa shape index (κ2) is 7.49. The van der Waals surface area contributed by atoms with Gasteiger partial charge in [-0.15, -0.1) is 0 Å². The fourth-order valence-electron chi connectivity index (χ4n) is 5.52. The summed E-state index contributed by atoms with van der Waals surface area (Å²) in [5.74, 6) is 2.01. The van der Waals surface area contributed by atoms with Crippen molar-refractivity contribution in [3.63, 3.8) is 0 Å². The van der Waals surface area contributed by atoms with Crippen LogP contribution in [-0.2, 0) is 11.2 Å². The van der Waals surface area contributed by atoms with Gasteiger partial charge in [-0.1, -0.05) is 12.1 Å². The second-order valence-electron chi connectivity index (χ2n) is 9.05. The van der Waals surface area contributed by atoms with Crippen molar-refractivity contribution in [1.82, 2.24) is 10.6 Å². The van der Waals surface area contributed by atoms with E-state index in [4.69, 9.17) is 9.15 Å². The number of nitrogens with one attached hydrogen (secondary N) is 2. The molecule has 158 valence electrons. The molecule has 6 rings (SSSR count). The van der Waals surface area contributed by atoms with E-state index >= 15 is 0 Å². The molecule has 3 fully saturated rings. The van der Waals surface area contributed by atoms with Gasteiger partial charge in [-0.05, 0) is 62.8 Å². The first-order chi connectivity index (χ1) is 14.5. The minimum Gasteiger partial charge on any atom is -0.469 e. The van der Waals surface area contributed by atoms with E-state index in [1.54, 1.807) is 12.3 Å². The number of furan rings is 1. The van der Waals surface area contributed by atoms with Crippen molar-refractivity contribution in [3.05, 3.63) is 54.0 Å². The molecule has 30 heavy (non-hydrogen) atoms. The van der Waals surface area contributed by atoms with Gasteiger partial charge < -0.3 is 19.8 Å². The van der Waals surface area contributed by atoms with Crippen LogP contribution in [0.15, 0.2) is 47.1 Å². The van der Waals surface area contributed by atoms with Crippen molar-refractivity contribution < 1.29 is 18.7 Å². The number of amides is 2. The molecule has 2 amide bonds. The zero-order valence-electron chi connectivity index (χ0n) is 17.2. The van der Waals surface area contributed by atoms with Gasteiger partial charge in [0.05, 0.1) is 11.8 Å². The Kier molecular flexibility index (Phi) is 4.80. The predicted molar refractivity (Wildman–Crippen MR) is 111 cm³/mol. The Morgan fingerprint density at radius 3 is 2.90 bits per heavy atom. The van der Waals surface area contributed by atoms with Gasteiger partial charge >= 0.3 is 0 Å². The Bertz CT molecular complexity index is 940. The van der Waals surface area contributed by atoms with Crippen LogP contribution in [0.25, 0.3) is 0 Å². The van der Waals surface area contributed by atoms with Gasteiger partial charge in [0.1, 0.15) is 11.5 Å². The molecule has 3 saturated carbocycles. The molecule has 3 aliphatic carbocycles. The summed E-state index contributed by atoms with van der Waals surface area (Å²) in [7, 11) is 0. The first-order valence-corrected chi connectivity index (χ1v) is 11.0. The fraction of sp³-hybridized carbons (Fsp3) is 0.500. The molecule has 1 spiro atoms. The summed E-state index contributed by atoms with van der Waals surface area (Å²) in [6, 6.07) is 11.3. The molecular formula is C24H28N2O4. The third-order valence-electron chi connectivity index (χ3n) is 7.10. The molecule has 2 N–H and O–H groups in total. The SMILES string of the molecule is C[C@@H](CCc1ccco1)NC(=O)[C@H]1C[C@@H]2CC[C@@H]1C[C@@]21NC(=O)c2ccccc2O1. The lowest BCUT2D eigenvalue weighted by Gasteiger charge is -2.55. The highest BCUT2D eigenvalue weighted by Gasteiger charge is 2.57. The molecule has 4 aliphatic rings. The van der Waals surface area contributed by atoms with Crippen molar-refractivity contribution in [3.8, 4) is 5.75 Å². The Hall–Kier alpha value is -2.76. The van der Waals surface area contributed by atoms with Gasteiger partial charge in [0.15, 0.2) is 5.72 Å². The molecule has 6 nitrogen and oxygen atoms in total. The van der Waals surface area contributed by atoms with Crippen LogP contribution in [0.1, 0.15) is 55.1 Å². The van der Waals surface area contributed by atoms with E-state index in [2.05, 4.69) is 10.6 Å². The molecule has 0 unspecified atom stereocenters. The van der Waals surface area contributed by atoms with Crippen molar-refractivity contribution in [2.75, 3.05) is 0 Å². The highest BCUT2D eigenvalue weighted by atomic mass is 16.5. The minimum atomic E-state index is -0.671. The molecule has 0 saturated heterocycles. The molecule has 5 atom stereocenters. The van der Waals surface area contributed by atoms with Crippen LogP contribution in [0, 0.1) is 17.8 Å². The molecule has 0 radical (unpaired) electrons. The minimum absolute atomic E-state index is 0.0156. The maximum Gasteiger partial charge on any atom is 0.258 e. The number of hydrogen-bond donors (Lipinski definition) is 2. The van der Waals surface area contributed by atoms with E-state index in [1.807, 2.05) is 37.3 Å². The quantitative estimate of drug-likeness (QED) is 0.791. The van der Waals surface area contributed by atoms with E-state index in [0.717, 1.165) is 37.9 Å². The van der Waals surface area contributed by atoms with E-state index in [0.29, 0.717) is 17.7 Å². The van der Waals surface area contributed by atoms with Crippen LogP contribution >= 0.6 is 0 Å². The number of ether oxygens (including phenoxy) is 1. The molecule has 1 aromatic carbocycles. The number of benzene rings is 1. The Morgan fingerprint density at radius 1 is 1.27 bits per heavy atom. The summed E-state index contributed by atoms with van der Waals surface area (Å²) in [4.78, 5) is 25.7. The summed E-state index contributed by atoms with van der Waals surface area (Å²) in [5.41, 5.74) is -0.0833. The number of aryl methyl sites for hydroxylation is 1.